The van der Waals surface area contributed by atoms with Gasteiger partial charge in [0.1, 0.15) is 23.0 Å². The van der Waals surface area contributed by atoms with Crippen LogP contribution in [0.4, 0.5) is 0 Å². The van der Waals surface area contributed by atoms with E-state index >= 15 is 0 Å². The molecule has 0 aliphatic carbocycles. The summed E-state index contributed by atoms with van der Waals surface area (Å²) in [5.74, 6) is 0.300. The molecule has 0 amide bonds. The largest absolute Gasteiger partial charge is 0.494 e. The second kappa shape index (κ2) is 23.4. The van der Waals surface area contributed by atoms with Crippen molar-refractivity contribution in [3.63, 3.8) is 0 Å². The van der Waals surface area contributed by atoms with Gasteiger partial charge in [-0.3, -0.25) is 4.79 Å². The molecule has 57 heavy (non-hydrogen) atoms. The molecule has 0 saturated carbocycles. The van der Waals surface area contributed by atoms with E-state index in [1.54, 1.807) is 72.8 Å². The van der Waals surface area contributed by atoms with Crippen LogP contribution in [0.15, 0.2) is 120 Å². The molecule has 12 nitrogen and oxygen atoms in total. The number of nitrogens with zero attached hydrogens (tertiary/aromatic N) is 2. The van der Waals surface area contributed by atoms with Crippen LogP contribution in [0.1, 0.15) is 91.1 Å². The Morgan fingerprint density at radius 1 is 0.509 bits per heavy atom. The first-order valence-electron chi connectivity index (χ1n) is 18.9. The Bertz CT molecular complexity index is 1990. The number of ether oxygens (including phenoxy) is 6. The molecular formula is C45H48N2O10. The highest BCUT2D eigenvalue weighted by Crippen LogP contribution is 2.20. The summed E-state index contributed by atoms with van der Waals surface area (Å²) in [7, 11) is 0. The van der Waals surface area contributed by atoms with E-state index in [2.05, 4.69) is 16.8 Å². The van der Waals surface area contributed by atoms with Crippen LogP contribution >= 0.6 is 0 Å². The van der Waals surface area contributed by atoms with Gasteiger partial charge in [0.15, 0.2) is 0 Å². The number of esters is 4. The molecule has 4 aromatic carbocycles. The van der Waals surface area contributed by atoms with E-state index in [0.717, 1.165) is 35.0 Å². The van der Waals surface area contributed by atoms with Crippen molar-refractivity contribution in [3.05, 3.63) is 132 Å². The van der Waals surface area contributed by atoms with Gasteiger partial charge >= 0.3 is 23.9 Å². The van der Waals surface area contributed by atoms with Crippen LogP contribution in [0, 0.1) is 0 Å². The Morgan fingerprint density at radius 2 is 0.860 bits per heavy atom. The molecule has 0 aliphatic heterocycles. The first-order chi connectivity index (χ1) is 27.7. The van der Waals surface area contributed by atoms with Gasteiger partial charge in [-0.2, -0.15) is 10.2 Å². The molecule has 0 bridgehead atoms. The van der Waals surface area contributed by atoms with Crippen LogP contribution in [0.5, 0.6) is 23.0 Å². The molecule has 0 aliphatic rings. The third-order valence-corrected chi connectivity index (χ3v) is 8.27. The average molecular weight is 777 g/mol. The minimum atomic E-state index is -0.497. The van der Waals surface area contributed by atoms with Gasteiger partial charge in [-0.15, -0.1) is 0 Å². The molecule has 0 aromatic heterocycles. The minimum absolute atomic E-state index is 0.297. The summed E-state index contributed by atoms with van der Waals surface area (Å²) in [6.07, 6.45) is 5.18. The van der Waals surface area contributed by atoms with Gasteiger partial charge in [0.2, 0.25) is 0 Å². The Labute approximate surface area is 333 Å². The Hall–Kier alpha value is -6.56. The lowest BCUT2D eigenvalue weighted by Gasteiger charge is -2.09. The summed E-state index contributed by atoms with van der Waals surface area (Å²) in [6.45, 7) is 10.3. The molecular weight excluding hydrogens is 728 g/mol. The van der Waals surface area contributed by atoms with E-state index < -0.39 is 17.9 Å². The van der Waals surface area contributed by atoms with Crippen molar-refractivity contribution in [2.24, 2.45) is 10.2 Å². The van der Waals surface area contributed by atoms with E-state index in [-0.39, 0.29) is 5.97 Å². The van der Waals surface area contributed by atoms with Crippen LogP contribution in [-0.4, -0.2) is 61.7 Å². The fourth-order valence-corrected chi connectivity index (χ4v) is 5.16. The van der Waals surface area contributed by atoms with E-state index in [4.69, 9.17) is 28.4 Å². The summed E-state index contributed by atoms with van der Waals surface area (Å²) in [4.78, 5) is 47.5. The van der Waals surface area contributed by atoms with Crippen molar-refractivity contribution in [2.45, 2.75) is 59.3 Å². The fraction of sp³-hybridized carbons (Fsp3) is 0.289. The number of hydrogen-bond donors (Lipinski definition) is 0. The normalized spacial score (nSPS) is 11.3. The molecule has 0 unspecified atom stereocenters. The second-order valence-corrected chi connectivity index (χ2v) is 12.5. The molecule has 0 radical (unpaired) electrons. The molecule has 12 heteroatoms. The molecule has 0 fully saturated rings. The molecule has 298 valence electrons. The quantitative estimate of drug-likeness (QED) is 0.0189. The number of carbonyl (C=O) groups excluding carboxylic acids is 4. The van der Waals surface area contributed by atoms with Gasteiger partial charge in [-0.25, -0.2) is 14.4 Å². The number of unbranched alkanes of at least 4 members (excludes halogenated alkanes) is 2. The molecule has 0 atom stereocenters. The van der Waals surface area contributed by atoms with Gasteiger partial charge in [0, 0.05) is 13.0 Å². The Morgan fingerprint density at radius 3 is 1.23 bits per heavy atom. The zero-order valence-corrected chi connectivity index (χ0v) is 32.6. The third kappa shape index (κ3) is 14.9. The predicted octanol–water partition coefficient (Wildman–Crippen LogP) is 8.75. The van der Waals surface area contributed by atoms with Gasteiger partial charge < -0.3 is 28.4 Å². The SMILES string of the molecule is C=CC(=O)OCCCCOc1ccc(C(=O)Oc2ccc(C(CC)=NN=C(CC)c3ccc(OC(=O)c4ccc(OCCCCOC(C)=O)cc4)cc3)cc2)cc1. The zero-order valence-electron chi connectivity index (χ0n) is 32.6. The summed E-state index contributed by atoms with van der Waals surface area (Å²) in [5, 5.41) is 9.11. The van der Waals surface area contributed by atoms with Gasteiger partial charge in [0.05, 0.1) is 49.0 Å². The highest BCUT2D eigenvalue weighted by molar-refractivity contribution is 6.03. The van der Waals surface area contributed by atoms with Gasteiger partial charge in [-0.05, 0) is 147 Å². The van der Waals surface area contributed by atoms with Crippen molar-refractivity contribution in [3.8, 4) is 23.0 Å². The third-order valence-electron chi connectivity index (χ3n) is 8.27. The molecule has 4 rings (SSSR count). The molecule has 0 N–H and O–H groups in total. The molecule has 0 heterocycles. The van der Waals surface area contributed by atoms with Crippen LogP contribution in [-0.2, 0) is 19.1 Å². The topological polar surface area (TPSA) is 148 Å². The summed E-state index contributed by atoms with van der Waals surface area (Å²) >= 11 is 0. The summed E-state index contributed by atoms with van der Waals surface area (Å²) < 4.78 is 32.4. The fourth-order valence-electron chi connectivity index (χ4n) is 5.16. The number of hydrogen-bond acceptors (Lipinski definition) is 12. The minimum Gasteiger partial charge on any atom is -0.494 e. The number of carbonyl (C=O) groups is 4. The second-order valence-electron chi connectivity index (χ2n) is 12.5. The van der Waals surface area contributed by atoms with E-state index in [1.165, 1.54) is 6.92 Å². The van der Waals surface area contributed by atoms with Crippen molar-refractivity contribution < 1.29 is 47.6 Å². The van der Waals surface area contributed by atoms with Gasteiger partial charge in [0.25, 0.3) is 0 Å². The Kier molecular flexibility index (Phi) is 17.7. The standard InChI is InChI=1S/C45H48N2O10/c1-5-41(33-12-24-39(25-13-33)56-44(50)35-16-20-37(21-17-35)53-29-9-8-28-52-32(4)48)46-47-42(6-2)34-14-26-40(27-15-34)57-45(51)36-18-22-38(23-19-36)54-30-10-11-31-55-43(49)7-3/h7,12-27H,3,5-6,8-11,28-31H2,1-2,4H3. The maximum atomic E-state index is 12.8. The predicted molar refractivity (Wildman–Crippen MR) is 217 cm³/mol. The highest BCUT2D eigenvalue weighted by atomic mass is 16.5. The first-order valence-corrected chi connectivity index (χ1v) is 18.9. The van der Waals surface area contributed by atoms with Crippen molar-refractivity contribution in [1.29, 1.82) is 0 Å². The van der Waals surface area contributed by atoms with Crippen LogP contribution in [0.2, 0.25) is 0 Å². The van der Waals surface area contributed by atoms with E-state index in [9.17, 15) is 19.2 Å². The number of benzene rings is 4. The van der Waals surface area contributed by atoms with Crippen molar-refractivity contribution in [1.82, 2.24) is 0 Å². The molecule has 4 aromatic rings. The number of rotatable bonds is 22. The lowest BCUT2D eigenvalue weighted by molar-refractivity contribution is -0.141. The lowest BCUT2D eigenvalue weighted by atomic mass is 10.1. The zero-order chi connectivity index (χ0) is 40.8. The van der Waals surface area contributed by atoms with Crippen LogP contribution in [0.25, 0.3) is 0 Å². The smallest absolute Gasteiger partial charge is 0.343 e. The van der Waals surface area contributed by atoms with Gasteiger partial charge in [-0.1, -0.05) is 20.4 Å². The maximum absolute atomic E-state index is 12.8. The summed E-state index contributed by atoms with van der Waals surface area (Å²) in [5.41, 5.74) is 3.97. The molecule has 0 spiro atoms. The van der Waals surface area contributed by atoms with Crippen molar-refractivity contribution >= 4 is 35.3 Å². The lowest BCUT2D eigenvalue weighted by Crippen LogP contribution is -2.09. The van der Waals surface area contributed by atoms with E-state index in [0.29, 0.717) is 92.7 Å². The maximum Gasteiger partial charge on any atom is 0.343 e. The highest BCUT2D eigenvalue weighted by Gasteiger charge is 2.12. The average Bonchev–Trinajstić information content (AvgIpc) is 3.23. The first kappa shape index (κ1) is 43.2. The van der Waals surface area contributed by atoms with Crippen LogP contribution in [0.3, 0.4) is 0 Å². The molecule has 0 saturated heterocycles. The Balaban J connectivity index is 1.26. The monoisotopic (exact) mass is 776 g/mol. The van der Waals surface area contributed by atoms with Crippen molar-refractivity contribution in [2.75, 3.05) is 26.4 Å². The van der Waals surface area contributed by atoms with E-state index in [1.807, 2.05) is 38.1 Å². The summed E-state index contributed by atoms with van der Waals surface area (Å²) in [6, 6.07) is 27.6. The van der Waals surface area contributed by atoms with Crippen LogP contribution < -0.4 is 18.9 Å².